The zero-order chi connectivity index (χ0) is 8.32. The standard InChI is InChI=1S/C9H15ClO/c1-8(10)9(11)6-4-2-3-5-7-9/h11H,1-7H2. The molecule has 0 atom stereocenters. The predicted molar refractivity (Wildman–Crippen MR) is 47.6 cm³/mol. The normalized spacial score (nSPS) is 24.2. The molecule has 0 aromatic heterocycles. The second kappa shape index (κ2) is 3.59. The minimum atomic E-state index is -0.766. The van der Waals surface area contributed by atoms with Crippen molar-refractivity contribution in [3.63, 3.8) is 0 Å². The Hall–Kier alpha value is -0.0100. The Morgan fingerprint density at radius 1 is 1.18 bits per heavy atom. The van der Waals surface area contributed by atoms with E-state index in [0.29, 0.717) is 5.03 Å². The van der Waals surface area contributed by atoms with Crippen molar-refractivity contribution in [2.45, 2.75) is 44.1 Å². The SMILES string of the molecule is C=C(Cl)C1(O)CCCCCC1. The van der Waals surface area contributed by atoms with E-state index in [-0.39, 0.29) is 0 Å². The van der Waals surface area contributed by atoms with Crippen molar-refractivity contribution in [2.24, 2.45) is 0 Å². The highest BCUT2D eigenvalue weighted by Crippen LogP contribution is 2.33. The molecular weight excluding hydrogens is 160 g/mol. The molecule has 0 heterocycles. The van der Waals surface area contributed by atoms with Crippen LogP contribution >= 0.6 is 11.6 Å². The van der Waals surface area contributed by atoms with Crippen molar-refractivity contribution in [3.05, 3.63) is 11.6 Å². The van der Waals surface area contributed by atoms with Gasteiger partial charge in [-0.15, -0.1) is 0 Å². The molecule has 0 unspecified atom stereocenters. The molecule has 0 aromatic carbocycles. The second-order valence-corrected chi connectivity index (χ2v) is 3.81. The fraction of sp³-hybridized carbons (Fsp3) is 0.778. The Bertz CT molecular complexity index is 146. The Balaban J connectivity index is 2.59. The quantitative estimate of drug-likeness (QED) is 0.607. The molecule has 1 aliphatic carbocycles. The highest BCUT2D eigenvalue weighted by Gasteiger charge is 2.29. The minimum Gasteiger partial charge on any atom is -0.384 e. The summed E-state index contributed by atoms with van der Waals surface area (Å²) in [6, 6.07) is 0. The molecule has 1 fully saturated rings. The van der Waals surface area contributed by atoms with Crippen molar-refractivity contribution in [3.8, 4) is 0 Å². The lowest BCUT2D eigenvalue weighted by molar-refractivity contribution is 0.0703. The van der Waals surface area contributed by atoms with E-state index in [9.17, 15) is 5.11 Å². The molecule has 1 nitrogen and oxygen atoms in total. The molecule has 64 valence electrons. The average molecular weight is 175 g/mol. The number of rotatable bonds is 1. The number of hydrogen-bond donors (Lipinski definition) is 1. The largest absolute Gasteiger partial charge is 0.384 e. The van der Waals surface area contributed by atoms with Crippen molar-refractivity contribution in [1.29, 1.82) is 0 Å². The van der Waals surface area contributed by atoms with E-state index in [1.165, 1.54) is 12.8 Å². The highest BCUT2D eigenvalue weighted by molar-refractivity contribution is 6.30. The summed E-state index contributed by atoms with van der Waals surface area (Å²) < 4.78 is 0. The first-order valence-electron chi connectivity index (χ1n) is 4.22. The third-order valence-corrected chi connectivity index (χ3v) is 2.79. The molecule has 0 aromatic rings. The van der Waals surface area contributed by atoms with Crippen LogP contribution < -0.4 is 0 Å². The van der Waals surface area contributed by atoms with Crippen LogP contribution in [0.15, 0.2) is 11.6 Å². The van der Waals surface area contributed by atoms with Gasteiger partial charge in [0.1, 0.15) is 0 Å². The van der Waals surface area contributed by atoms with Crippen LogP contribution in [0, 0.1) is 0 Å². The lowest BCUT2D eigenvalue weighted by Crippen LogP contribution is -2.27. The van der Waals surface area contributed by atoms with Gasteiger partial charge in [0.25, 0.3) is 0 Å². The second-order valence-electron chi connectivity index (χ2n) is 3.35. The van der Waals surface area contributed by atoms with Crippen LogP contribution in [0.25, 0.3) is 0 Å². The van der Waals surface area contributed by atoms with Gasteiger partial charge < -0.3 is 5.11 Å². The van der Waals surface area contributed by atoms with Crippen LogP contribution in [0.5, 0.6) is 0 Å². The van der Waals surface area contributed by atoms with Crippen LogP contribution in [0.3, 0.4) is 0 Å². The zero-order valence-electron chi connectivity index (χ0n) is 6.77. The molecule has 0 bridgehead atoms. The van der Waals surface area contributed by atoms with Gasteiger partial charge in [0.2, 0.25) is 0 Å². The smallest absolute Gasteiger partial charge is 0.0995 e. The summed E-state index contributed by atoms with van der Waals surface area (Å²) in [5, 5.41) is 10.3. The molecular formula is C9H15ClO. The van der Waals surface area contributed by atoms with Crippen molar-refractivity contribution < 1.29 is 5.11 Å². The van der Waals surface area contributed by atoms with Crippen LogP contribution in [-0.2, 0) is 0 Å². The molecule has 0 amide bonds. The molecule has 1 aliphatic rings. The summed E-state index contributed by atoms with van der Waals surface area (Å²) >= 11 is 5.73. The van der Waals surface area contributed by atoms with E-state index in [1.807, 2.05) is 0 Å². The number of halogens is 1. The van der Waals surface area contributed by atoms with Crippen molar-refractivity contribution in [1.82, 2.24) is 0 Å². The number of hydrogen-bond acceptors (Lipinski definition) is 1. The average Bonchev–Trinajstić information content (AvgIpc) is 2.15. The first-order chi connectivity index (χ1) is 5.15. The molecule has 0 saturated heterocycles. The van der Waals surface area contributed by atoms with E-state index in [1.54, 1.807) is 0 Å². The van der Waals surface area contributed by atoms with Crippen molar-refractivity contribution >= 4 is 11.6 Å². The first-order valence-corrected chi connectivity index (χ1v) is 4.60. The molecule has 0 spiro atoms. The molecule has 0 aliphatic heterocycles. The maximum atomic E-state index is 9.90. The van der Waals surface area contributed by atoms with E-state index in [2.05, 4.69) is 6.58 Å². The van der Waals surface area contributed by atoms with Gasteiger partial charge in [-0.05, 0) is 12.8 Å². The van der Waals surface area contributed by atoms with Gasteiger partial charge in [0.15, 0.2) is 0 Å². The summed E-state index contributed by atoms with van der Waals surface area (Å²) in [7, 11) is 0. The van der Waals surface area contributed by atoms with Gasteiger partial charge in [-0.1, -0.05) is 43.9 Å². The molecule has 0 radical (unpaired) electrons. The molecule has 1 N–H and O–H groups in total. The molecule has 11 heavy (non-hydrogen) atoms. The Labute approximate surface area is 73.1 Å². The van der Waals surface area contributed by atoms with Crippen LogP contribution in [0.2, 0.25) is 0 Å². The predicted octanol–water partition coefficient (Wildman–Crippen LogP) is 2.82. The van der Waals surface area contributed by atoms with Gasteiger partial charge in [0.05, 0.1) is 5.60 Å². The zero-order valence-corrected chi connectivity index (χ0v) is 7.53. The molecule has 1 rings (SSSR count). The van der Waals surface area contributed by atoms with Gasteiger partial charge in [-0.3, -0.25) is 0 Å². The summed E-state index contributed by atoms with van der Waals surface area (Å²) in [5.74, 6) is 0. The fourth-order valence-electron chi connectivity index (χ4n) is 1.58. The third kappa shape index (κ3) is 2.21. The van der Waals surface area contributed by atoms with Crippen LogP contribution in [0.1, 0.15) is 38.5 Å². The summed E-state index contributed by atoms with van der Waals surface area (Å²) in [4.78, 5) is 0. The van der Waals surface area contributed by atoms with Crippen LogP contribution in [-0.4, -0.2) is 10.7 Å². The van der Waals surface area contributed by atoms with E-state index in [4.69, 9.17) is 11.6 Å². The summed E-state index contributed by atoms with van der Waals surface area (Å²) in [5.41, 5.74) is -0.766. The monoisotopic (exact) mass is 174 g/mol. The van der Waals surface area contributed by atoms with Crippen LogP contribution in [0.4, 0.5) is 0 Å². The van der Waals surface area contributed by atoms with Gasteiger partial charge >= 0.3 is 0 Å². The van der Waals surface area contributed by atoms with E-state index in [0.717, 1.165) is 25.7 Å². The molecule has 2 heteroatoms. The number of aliphatic hydroxyl groups is 1. The highest BCUT2D eigenvalue weighted by atomic mass is 35.5. The summed E-state index contributed by atoms with van der Waals surface area (Å²) in [6.07, 6.45) is 6.15. The minimum absolute atomic E-state index is 0.416. The van der Waals surface area contributed by atoms with E-state index < -0.39 is 5.60 Å². The first kappa shape index (κ1) is 9.08. The van der Waals surface area contributed by atoms with E-state index >= 15 is 0 Å². The summed E-state index contributed by atoms with van der Waals surface area (Å²) in [6.45, 7) is 3.61. The van der Waals surface area contributed by atoms with Crippen molar-refractivity contribution in [2.75, 3.05) is 0 Å². The van der Waals surface area contributed by atoms with Gasteiger partial charge in [0, 0.05) is 5.03 Å². The Kier molecular flexibility index (Phi) is 2.97. The molecule has 1 saturated carbocycles. The fourth-order valence-corrected chi connectivity index (χ4v) is 1.77. The third-order valence-electron chi connectivity index (χ3n) is 2.44. The van der Waals surface area contributed by atoms with Gasteiger partial charge in [-0.2, -0.15) is 0 Å². The maximum absolute atomic E-state index is 9.90. The van der Waals surface area contributed by atoms with Gasteiger partial charge in [-0.25, -0.2) is 0 Å². The Morgan fingerprint density at radius 3 is 2.00 bits per heavy atom. The topological polar surface area (TPSA) is 20.2 Å². The Morgan fingerprint density at radius 2 is 1.64 bits per heavy atom. The maximum Gasteiger partial charge on any atom is 0.0995 e. The lowest BCUT2D eigenvalue weighted by atomic mass is 9.95. The lowest BCUT2D eigenvalue weighted by Gasteiger charge is -2.24.